The van der Waals surface area contributed by atoms with Gasteiger partial charge in [-0.3, -0.25) is 4.90 Å². The fourth-order valence-corrected chi connectivity index (χ4v) is 2.96. The summed E-state index contributed by atoms with van der Waals surface area (Å²) in [6, 6.07) is 0.554. The molecule has 0 aliphatic carbocycles. The standard InChI is InChI=1S/C13H27N3O/c1-15-7-8-16(12(10-14)11-15)6-2-4-13-5-3-9-17-13/h12-13H,2-11,14H2,1H3. The lowest BCUT2D eigenvalue weighted by molar-refractivity contribution is 0.0757. The van der Waals surface area contributed by atoms with Crippen LogP contribution in [0.1, 0.15) is 25.7 Å². The summed E-state index contributed by atoms with van der Waals surface area (Å²) >= 11 is 0. The first-order valence-corrected chi connectivity index (χ1v) is 7.04. The Bertz CT molecular complexity index is 219. The molecule has 4 heteroatoms. The van der Waals surface area contributed by atoms with Gasteiger partial charge in [0, 0.05) is 38.8 Å². The van der Waals surface area contributed by atoms with Crippen molar-refractivity contribution in [2.75, 3.05) is 46.4 Å². The first kappa shape index (κ1) is 13.3. The number of nitrogens with two attached hydrogens (primary N) is 1. The van der Waals surface area contributed by atoms with E-state index in [1.807, 2.05) is 0 Å². The Morgan fingerprint density at radius 1 is 1.35 bits per heavy atom. The van der Waals surface area contributed by atoms with E-state index in [1.165, 1.54) is 45.3 Å². The molecule has 2 aliphatic heterocycles. The molecule has 2 aliphatic rings. The van der Waals surface area contributed by atoms with E-state index in [2.05, 4.69) is 16.8 Å². The molecule has 17 heavy (non-hydrogen) atoms. The van der Waals surface area contributed by atoms with E-state index in [0.717, 1.165) is 19.7 Å². The van der Waals surface area contributed by atoms with Gasteiger partial charge in [-0.25, -0.2) is 0 Å². The van der Waals surface area contributed by atoms with Crippen LogP contribution in [0.5, 0.6) is 0 Å². The summed E-state index contributed by atoms with van der Waals surface area (Å²) in [5.41, 5.74) is 5.86. The van der Waals surface area contributed by atoms with Crippen molar-refractivity contribution in [2.24, 2.45) is 5.73 Å². The van der Waals surface area contributed by atoms with E-state index < -0.39 is 0 Å². The normalized spacial score (nSPS) is 32.1. The Morgan fingerprint density at radius 3 is 2.94 bits per heavy atom. The summed E-state index contributed by atoms with van der Waals surface area (Å²) in [5, 5.41) is 0. The molecule has 2 fully saturated rings. The number of likely N-dealkylation sites (N-methyl/N-ethyl adjacent to an activating group) is 1. The van der Waals surface area contributed by atoms with Crippen LogP contribution < -0.4 is 5.73 Å². The molecule has 0 saturated carbocycles. The lowest BCUT2D eigenvalue weighted by Gasteiger charge is -2.39. The molecular weight excluding hydrogens is 214 g/mol. The third kappa shape index (κ3) is 3.91. The minimum Gasteiger partial charge on any atom is -0.378 e. The first-order chi connectivity index (χ1) is 8.29. The van der Waals surface area contributed by atoms with Gasteiger partial charge < -0.3 is 15.4 Å². The van der Waals surface area contributed by atoms with Crippen molar-refractivity contribution < 1.29 is 4.74 Å². The average molecular weight is 241 g/mol. The predicted octanol–water partition coefficient (Wildman–Crippen LogP) is 0.520. The van der Waals surface area contributed by atoms with Gasteiger partial charge in [-0.05, 0) is 39.3 Å². The lowest BCUT2D eigenvalue weighted by atomic mass is 10.1. The van der Waals surface area contributed by atoms with E-state index in [4.69, 9.17) is 10.5 Å². The van der Waals surface area contributed by atoms with E-state index in [0.29, 0.717) is 12.1 Å². The number of hydrogen-bond donors (Lipinski definition) is 1. The van der Waals surface area contributed by atoms with E-state index in [9.17, 15) is 0 Å². The summed E-state index contributed by atoms with van der Waals surface area (Å²) in [7, 11) is 2.19. The average Bonchev–Trinajstić information content (AvgIpc) is 2.84. The fraction of sp³-hybridized carbons (Fsp3) is 1.00. The van der Waals surface area contributed by atoms with Crippen molar-refractivity contribution in [1.29, 1.82) is 0 Å². The van der Waals surface area contributed by atoms with E-state index in [-0.39, 0.29) is 0 Å². The fourth-order valence-electron chi connectivity index (χ4n) is 2.96. The number of piperazine rings is 1. The molecule has 2 unspecified atom stereocenters. The SMILES string of the molecule is CN1CCN(CCCC2CCCO2)C(CN)C1. The smallest absolute Gasteiger partial charge is 0.0576 e. The van der Waals surface area contributed by atoms with Crippen LogP contribution in [0.25, 0.3) is 0 Å². The molecule has 0 aromatic heterocycles. The van der Waals surface area contributed by atoms with Gasteiger partial charge in [-0.15, -0.1) is 0 Å². The topological polar surface area (TPSA) is 41.7 Å². The molecular formula is C13H27N3O. The minimum atomic E-state index is 0.541. The van der Waals surface area contributed by atoms with Crippen LogP contribution in [-0.2, 0) is 4.74 Å². The summed E-state index contributed by atoms with van der Waals surface area (Å²) in [6.07, 6.45) is 5.54. The van der Waals surface area contributed by atoms with Gasteiger partial charge in [0.1, 0.15) is 0 Å². The van der Waals surface area contributed by atoms with Gasteiger partial charge in [-0.2, -0.15) is 0 Å². The highest BCUT2D eigenvalue weighted by atomic mass is 16.5. The highest BCUT2D eigenvalue weighted by Crippen LogP contribution is 2.17. The Labute approximate surface area is 105 Å². The number of rotatable bonds is 5. The molecule has 2 rings (SSSR count). The van der Waals surface area contributed by atoms with Crippen LogP contribution >= 0.6 is 0 Å². The van der Waals surface area contributed by atoms with Crippen molar-refractivity contribution in [1.82, 2.24) is 9.80 Å². The van der Waals surface area contributed by atoms with Gasteiger partial charge in [0.25, 0.3) is 0 Å². The summed E-state index contributed by atoms with van der Waals surface area (Å²) in [6.45, 7) is 6.42. The second kappa shape index (κ2) is 6.69. The molecule has 0 spiro atoms. The zero-order valence-electron chi connectivity index (χ0n) is 11.1. The Kier molecular flexibility index (Phi) is 5.22. The van der Waals surface area contributed by atoms with Crippen LogP contribution in [-0.4, -0.2) is 68.3 Å². The number of ether oxygens (including phenoxy) is 1. The largest absolute Gasteiger partial charge is 0.378 e. The molecule has 0 amide bonds. The zero-order chi connectivity index (χ0) is 12.1. The van der Waals surface area contributed by atoms with Crippen molar-refractivity contribution >= 4 is 0 Å². The van der Waals surface area contributed by atoms with Gasteiger partial charge in [0.05, 0.1) is 6.10 Å². The number of hydrogen-bond acceptors (Lipinski definition) is 4. The minimum absolute atomic E-state index is 0.541. The van der Waals surface area contributed by atoms with E-state index >= 15 is 0 Å². The van der Waals surface area contributed by atoms with Crippen LogP contribution in [0.3, 0.4) is 0 Å². The summed E-state index contributed by atoms with van der Waals surface area (Å²) < 4.78 is 5.66. The molecule has 2 atom stereocenters. The maximum atomic E-state index is 5.86. The van der Waals surface area contributed by atoms with Gasteiger partial charge in [0.2, 0.25) is 0 Å². The van der Waals surface area contributed by atoms with Crippen molar-refractivity contribution in [2.45, 2.75) is 37.8 Å². The maximum absolute atomic E-state index is 5.86. The molecule has 2 N–H and O–H groups in total. The van der Waals surface area contributed by atoms with E-state index in [1.54, 1.807) is 0 Å². The first-order valence-electron chi connectivity index (χ1n) is 7.04. The molecule has 2 heterocycles. The highest BCUT2D eigenvalue weighted by Gasteiger charge is 2.24. The Balaban J connectivity index is 1.66. The summed E-state index contributed by atoms with van der Waals surface area (Å²) in [5.74, 6) is 0. The Hall–Kier alpha value is -0.160. The number of nitrogens with zero attached hydrogens (tertiary/aromatic N) is 2. The quantitative estimate of drug-likeness (QED) is 0.762. The van der Waals surface area contributed by atoms with Gasteiger partial charge in [-0.1, -0.05) is 0 Å². The molecule has 2 saturated heterocycles. The third-order valence-corrected chi connectivity index (χ3v) is 4.08. The second-order valence-electron chi connectivity index (χ2n) is 5.46. The van der Waals surface area contributed by atoms with Crippen molar-refractivity contribution in [3.05, 3.63) is 0 Å². The van der Waals surface area contributed by atoms with Crippen LogP contribution in [0.15, 0.2) is 0 Å². The third-order valence-electron chi connectivity index (χ3n) is 4.08. The maximum Gasteiger partial charge on any atom is 0.0576 e. The molecule has 4 nitrogen and oxygen atoms in total. The molecule has 0 aromatic carbocycles. The van der Waals surface area contributed by atoms with Crippen molar-refractivity contribution in [3.8, 4) is 0 Å². The highest BCUT2D eigenvalue weighted by molar-refractivity contribution is 4.81. The van der Waals surface area contributed by atoms with Gasteiger partial charge >= 0.3 is 0 Å². The molecule has 0 bridgehead atoms. The van der Waals surface area contributed by atoms with Crippen molar-refractivity contribution in [3.63, 3.8) is 0 Å². The van der Waals surface area contributed by atoms with Crippen LogP contribution in [0.4, 0.5) is 0 Å². The molecule has 0 aromatic rings. The monoisotopic (exact) mass is 241 g/mol. The lowest BCUT2D eigenvalue weighted by Crippen LogP contribution is -2.54. The predicted molar refractivity (Wildman–Crippen MR) is 70.1 cm³/mol. The zero-order valence-corrected chi connectivity index (χ0v) is 11.1. The summed E-state index contributed by atoms with van der Waals surface area (Å²) in [4.78, 5) is 4.95. The molecule has 0 radical (unpaired) electrons. The Morgan fingerprint density at radius 2 is 2.24 bits per heavy atom. The molecule has 100 valence electrons. The van der Waals surface area contributed by atoms with Crippen LogP contribution in [0.2, 0.25) is 0 Å². The second-order valence-corrected chi connectivity index (χ2v) is 5.46. The van der Waals surface area contributed by atoms with Gasteiger partial charge in [0.15, 0.2) is 0 Å². The van der Waals surface area contributed by atoms with Crippen LogP contribution in [0, 0.1) is 0 Å².